The molecule has 0 spiro atoms. The van der Waals surface area contributed by atoms with Crippen molar-refractivity contribution >= 4 is 11.9 Å². The van der Waals surface area contributed by atoms with Crippen LogP contribution >= 0.6 is 0 Å². The third-order valence-corrected chi connectivity index (χ3v) is 2.02. The Morgan fingerprint density at radius 1 is 1.50 bits per heavy atom. The number of aromatic nitrogens is 3. The molecule has 0 aliphatic rings. The van der Waals surface area contributed by atoms with Gasteiger partial charge in [-0.3, -0.25) is 4.79 Å². The highest BCUT2D eigenvalue weighted by molar-refractivity contribution is 5.88. The van der Waals surface area contributed by atoms with Crippen LogP contribution in [0.4, 0.5) is 0 Å². The second-order valence-corrected chi connectivity index (χ2v) is 3.18. The van der Waals surface area contributed by atoms with E-state index in [1.807, 2.05) is 0 Å². The minimum Gasteiger partial charge on any atom is -0.461 e. The van der Waals surface area contributed by atoms with Crippen molar-refractivity contribution in [2.45, 2.75) is 26.8 Å². The molecule has 16 heavy (non-hydrogen) atoms. The molecule has 1 heterocycles. The number of primary amides is 1. The largest absolute Gasteiger partial charge is 0.461 e. The zero-order valence-electron chi connectivity index (χ0n) is 9.27. The van der Waals surface area contributed by atoms with Crippen LogP contribution in [0.25, 0.3) is 0 Å². The molecule has 0 aliphatic carbocycles. The molecule has 0 radical (unpaired) electrons. The van der Waals surface area contributed by atoms with Crippen LogP contribution in [0, 0.1) is 6.92 Å². The van der Waals surface area contributed by atoms with Crippen molar-refractivity contribution in [2.75, 3.05) is 6.61 Å². The Kier molecular flexibility index (Phi) is 3.98. The van der Waals surface area contributed by atoms with Crippen LogP contribution in [0.3, 0.4) is 0 Å². The molecule has 7 heteroatoms. The summed E-state index contributed by atoms with van der Waals surface area (Å²) in [4.78, 5) is 22.0. The number of amides is 1. The summed E-state index contributed by atoms with van der Waals surface area (Å²) >= 11 is 0. The first kappa shape index (κ1) is 12.2. The van der Waals surface area contributed by atoms with Crippen LogP contribution in [0.1, 0.15) is 29.5 Å². The third kappa shape index (κ3) is 2.78. The van der Waals surface area contributed by atoms with Crippen LogP contribution < -0.4 is 5.73 Å². The number of aryl methyl sites for hydroxylation is 1. The Bertz CT molecular complexity index is 399. The highest BCUT2D eigenvalue weighted by Crippen LogP contribution is 2.06. The highest BCUT2D eigenvalue weighted by Gasteiger charge is 2.17. The van der Waals surface area contributed by atoms with E-state index in [2.05, 4.69) is 10.3 Å². The van der Waals surface area contributed by atoms with Crippen LogP contribution in [-0.4, -0.2) is 33.5 Å². The minimum atomic E-state index is -0.509. The van der Waals surface area contributed by atoms with Gasteiger partial charge in [0.25, 0.3) is 0 Å². The lowest BCUT2D eigenvalue weighted by Crippen LogP contribution is -2.15. The van der Waals surface area contributed by atoms with E-state index in [1.165, 1.54) is 4.68 Å². The monoisotopic (exact) mass is 226 g/mol. The summed E-state index contributed by atoms with van der Waals surface area (Å²) in [7, 11) is 0. The van der Waals surface area contributed by atoms with E-state index in [-0.39, 0.29) is 18.7 Å². The third-order valence-electron chi connectivity index (χ3n) is 2.02. The lowest BCUT2D eigenvalue weighted by atomic mass is 10.3. The number of nitrogens with zero attached hydrogens (tertiary/aromatic N) is 3. The zero-order chi connectivity index (χ0) is 12.1. The van der Waals surface area contributed by atoms with Gasteiger partial charge in [-0.15, -0.1) is 5.10 Å². The van der Waals surface area contributed by atoms with Crippen molar-refractivity contribution in [3.63, 3.8) is 0 Å². The predicted molar refractivity (Wildman–Crippen MR) is 54.5 cm³/mol. The average molecular weight is 226 g/mol. The molecule has 1 rings (SSSR count). The first-order valence-electron chi connectivity index (χ1n) is 4.91. The maximum absolute atomic E-state index is 11.4. The quantitative estimate of drug-likeness (QED) is 0.691. The molecule has 0 saturated heterocycles. The molecule has 0 aliphatic heterocycles. The Balaban J connectivity index is 2.75. The van der Waals surface area contributed by atoms with E-state index in [9.17, 15) is 9.59 Å². The van der Waals surface area contributed by atoms with E-state index in [0.717, 1.165) is 0 Å². The average Bonchev–Trinajstić information content (AvgIpc) is 2.57. The molecule has 0 saturated carbocycles. The molecule has 88 valence electrons. The summed E-state index contributed by atoms with van der Waals surface area (Å²) in [6.07, 6.45) is 0.159. The van der Waals surface area contributed by atoms with Gasteiger partial charge in [0.05, 0.1) is 18.8 Å². The number of nitrogens with two attached hydrogens (primary N) is 1. The summed E-state index contributed by atoms with van der Waals surface area (Å²) in [5.41, 5.74) is 5.75. The van der Waals surface area contributed by atoms with Crippen molar-refractivity contribution in [2.24, 2.45) is 5.73 Å². The summed E-state index contributed by atoms with van der Waals surface area (Å²) in [5.74, 6) is -0.932. The molecule has 1 aromatic heterocycles. The van der Waals surface area contributed by atoms with Crippen LogP contribution in [0.5, 0.6) is 0 Å². The highest BCUT2D eigenvalue weighted by atomic mass is 16.5. The van der Waals surface area contributed by atoms with Gasteiger partial charge in [0.2, 0.25) is 5.91 Å². The lowest BCUT2D eigenvalue weighted by Gasteiger charge is -2.01. The fourth-order valence-electron chi connectivity index (χ4n) is 1.18. The number of rotatable bonds is 5. The molecule has 0 bridgehead atoms. The summed E-state index contributed by atoms with van der Waals surface area (Å²) in [5, 5.41) is 7.45. The molecule has 7 nitrogen and oxygen atoms in total. The summed E-state index contributed by atoms with van der Waals surface area (Å²) < 4.78 is 6.26. The normalized spacial score (nSPS) is 10.1. The molecule has 0 atom stereocenters. The smallest absolute Gasteiger partial charge is 0.360 e. The SMILES string of the molecule is CCOC(=O)c1nnn(CCC(N)=O)c1C. The Morgan fingerprint density at radius 3 is 2.75 bits per heavy atom. The summed E-state index contributed by atoms with van der Waals surface area (Å²) in [6.45, 7) is 4.00. The maximum atomic E-state index is 11.4. The van der Waals surface area contributed by atoms with Crippen LogP contribution in [0.2, 0.25) is 0 Å². The van der Waals surface area contributed by atoms with Crippen LogP contribution in [-0.2, 0) is 16.1 Å². The summed E-state index contributed by atoms with van der Waals surface area (Å²) in [6, 6.07) is 0. The topological polar surface area (TPSA) is 100 Å². The maximum Gasteiger partial charge on any atom is 0.360 e. The van der Waals surface area contributed by atoms with Gasteiger partial charge < -0.3 is 10.5 Å². The standard InChI is InChI=1S/C9H14N4O3/c1-3-16-9(15)8-6(2)13(12-11-8)5-4-7(10)14/h3-5H2,1-2H3,(H2,10,14). The number of hydrogen-bond acceptors (Lipinski definition) is 5. The van der Waals surface area contributed by atoms with Crippen molar-refractivity contribution in [3.8, 4) is 0 Å². The van der Waals surface area contributed by atoms with E-state index < -0.39 is 11.9 Å². The number of carbonyl (C=O) groups excluding carboxylic acids is 2. The van der Waals surface area contributed by atoms with Crippen molar-refractivity contribution in [1.82, 2.24) is 15.0 Å². The molecule has 2 N–H and O–H groups in total. The minimum absolute atomic E-state index is 0.159. The van der Waals surface area contributed by atoms with Gasteiger partial charge in [0.1, 0.15) is 0 Å². The van der Waals surface area contributed by atoms with E-state index >= 15 is 0 Å². The van der Waals surface area contributed by atoms with E-state index in [0.29, 0.717) is 12.2 Å². The fraction of sp³-hybridized carbons (Fsp3) is 0.556. The zero-order valence-corrected chi connectivity index (χ0v) is 9.27. The molecule has 1 amide bonds. The van der Waals surface area contributed by atoms with Crippen molar-refractivity contribution < 1.29 is 14.3 Å². The molecule has 0 fully saturated rings. The van der Waals surface area contributed by atoms with Gasteiger partial charge in [-0.05, 0) is 13.8 Å². The van der Waals surface area contributed by atoms with Gasteiger partial charge in [0, 0.05) is 6.42 Å². The molecule has 0 unspecified atom stereocenters. The van der Waals surface area contributed by atoms with Gasteiger partial charge in [0.15, 0.2) is 5.69 Å². The van der Waals surface area contributed by atoms with E-state index in [1.54, 1.807) is 13.8 Å². The number of ether oxygens (including phenoxy) is 1. The number of carbonyl (C=O) groups is 2. The Hall–Kier alpha value is -1.92. The predicted octanol–water partition coefficient (Wildman–Crippen LogP) is -0.361. The second-order valence-electron chi connectivity index (χ2n) is 3.18. The molecule has 1 aromatic rings. The number of esters is 1. The molecular weight excluding hydrogens is 212 g/mol. The number of hydrogen-bond donors (Lipinski definition) is 1. The molecular formula is C9H14N4O3. The van der Waals surface area contributed by atoms with Crippen LogP contribution in [0.15, 0.2) is 0 Å². The fourth-order valence-corrected chi connectivity index (χ4v) is 1.18. The van der Waals surface area contributed by atoms with Gasteiger partial charge >= 0.3 is 5.97 Å². The van der Waals surface area contributed by atoms with Gasteiger partial charge in [-0.1, -0.05) is 5.21 Å². The lowest BCUT2D eigenvalue weighted by molar-refractivity contribution is -0.118. The van der Waals surface area contributed by atoms with Gasteiger partial charge in [-0.2, -0.15) is 0 Å². The van der Waals surface area contributed by atoms with Crippen molar-refractivity contribution in [1.29, 1.82) is 0 Å². The van der Waals surface area contributed by atoms with Gasteiger partial charge in [-0.25, -0.2) is 9.48 Å². The first-order chi connectivity index (χ1) is 7.56. The Morgan fingerprint density at radius 2 is 2.19 bits per heavy atom. The second kappa shape index (κ2) is 5.24. The van der Waals surface area contributed by atoms with E-state index in [4.69, 9.17) is 10.5 Å². The first-order valence-corrected chi connectivity index (χ1v) is 4.91. The Labute approximate surface area is 92.6 Å². The molecule has 0 aromatic carbocycles. The van der Waals surface area contributed by atoms with Crippen molar-refractivity contribution in [3.05, 3.63) is 11.4 Å².